The van der Waals surface area contributed by atoms with E-state index in [0.717, 1.165) is 13.0 Å². The third-order valence-electron chi connectivity index (χ3n) is 3.72. The van der Waals surface area contributed by atoms with Gasteiger partial charge in [-0.2, -0.15) is 0 Å². The summed E-state index contributed by atoms with van der Waals surface area (Å²) in [5.41, 5.74) is 1.58. The molecular weight excluding hydrogens is 314 g/mol. The van der Waals surface area contributed by atoms with Gasteiger partial charge in [-0.05, 0) is 43.5 Å². The van der Waals surface area contributed by atoms with Crippen molar-refractivity contribution in [1.29, 1.82) is 0 Å². The molecule has 2 rings (SSSR count). The van der Waals surface area contributed by atoms with Crippen LogP contribution in [-0.2, 0) is 13.8 Å². The minimum Gasteiger partial charge on any atom is -0.381 e. The van der Waals surface area contributed by atoms with Crippen molar-refractivity contribution in [2.75, 3.05) is 19.8 Å². The molecule has 1 N–H and O–H groups in total. The first-order valence-corrected chi connectivity index (χ1v) is 9.02. The summed E-state index contributed by atoms with van der Waals surface area (Å²) in [5.74, 6) is 0.0169. The van der Waals surface area contributed by atoms with Gasteiger partial charge in [-0.15, -0.1) is 0 Å². The van der Waals surface area contributed by atoms with Crippen LogP contribution in [0.1, 0.15) is 27.9 Å². The highest BCUT2D eigenvalue weighted by Gasteiger charge is 2.20. The van der Waals surface area contributed by atoms with Gasteiger partial charge in [-0.1, -0.05) is 0 Å². The van der Waals surface area contributed by atoms with Crippen molar-refractivity contribution in [3.05, 3.63) is 28.8 Å². The number of ether oxygens (including phenoxy) is 1. The van der Waals surface area contributed by atoms with Crippen LogP contribution in [0.15, 0.2) is 17.0 Å². The second-order valence-corrected chi connectivity index (χ2v) is 7.83. The van der Waals surface area contributed by atoms with Gasteiger partial charge in [-0.25, -0.2) is 8.42 Å². The summed E-state index contributed by atoms with van der Waals surface area (Å²) in [7, 11) is 1.55. The Morgan fingerprint density at radius 2 is 2.14 bits per heavy atom. The smallest absolute Gasteiger partial charge is 0.261 e. The van der Waals surface area contributed by atoms with Gasteiger partial charge in [0.1, 0.15) is 0 Å². The first-order valence-electron chi connectivity index (χ1n) is 6.71. The SMILES string of the molecule is Cc1cc(C(=O)NCC2CCOC2)cc(S(=O)(=O)Cl)c1C. The average molecular weight is 332 g/mol. The Labute approximate surface area is 129 Å². The van der Waals surface area contributed by atoms with Crippen LogP contribution in [0.3, 0.4) is 0 Å². The van der Waals surface area contributed by atoms with Crippen LogP contribution < -0.4 is 5.32 Å². The molecule has 1 fully saturated rings. The summed E-state index contributed by atoms with van der Waals surface area (Å²) in [6.07, 6.45) is 0.925. The second-order valence-electron chi connectivity index (χ2n) is 5.29. The lowest BCUT2D eigenvalue weighted by atomic mass is 10.1. The Bertz CT molecular complexity index is 651. The van der Waals surface area contributed by atoms with E-state index in [0.29, 0.717) is 35.8 Å². The number of hydrogen-bond donors (Lipinski definition) is 1. The summed E-state index contributed by atoms with van der Waals surface area (Å²) >= 11 is 0. The maximum absolute atomic E-state index is 12.2. The standard InChI is InChI=1S/C14H18ClNO4S/c1-9-5-12(6-13(10(9)2)21(15,18)19)14(17)16-7-11-3-4-20-8-11/h5-6,11H,3-4,7-8H2,1-2H3,(H,16,17). The third kappa shape index (κ3) is 3.96. The number of benzene rings is 1. The van der Waals surface area contributed by atoms with E-state index >= 15 is 0 Å². The highest BCUT2D eigenvalue weighted by atomic mass is 35.7. The molecule has 1 aromatic rings. The lowest BCUT2D eigenvalue weighted by molar-refractivity contribution is 0.0944. The van der Waals surface area contributed by atoms with Gasteiger partial charge >= 0.3 is 0 Å². The van der Waals surface area contributed by atoms with E-state index in [2.05, 4.69) is 5.32 Å². The lowest BCUT2D eigenvalue weighted by Crippen LogP contribution is -2.29. The van der Waals surface area contributed by atoms with E-state index in [1.54, 1.807) is 19.9 Å². The van der Waals surface area contributed by atoms with Crippen LogP contribution in [-0.4, -0.2) is 34.1 Å². The number of nitrogens with one attached hydrogen (secondary N) is 1. The lowest BCUT2D eigenvalue weighted by Gasteiger charge is -2.12. The Morgan fingerprint density at radius 3 is 2.71 bits per heavy atom. The summed E-state index contributed by atoms with van der Waals surface area (Å²) in [6.45, 7) is 5.31. The van der Waals surface area contributed by atoms with Gasteiger partial charge in [0.05, 0.1) is 11.5 Å². The van der Waals surface area contributed by atoms with Gasteiger partial charge in [-0.3, -0.25) is 4.79 Å². The highest BCUT2D eigenvalue weighted by Crippen LogP contribution is 2.24. The monoisotopic (exact) mass is 331 g/mol. The molecule has 0 saturated carbocycles. The fraction of sp³-hybridized carbons (Fsp3) is 0.500. The third-order valence-corrected chi connectivity index (χ3v) is 5.17. The predicted octanol–water partition coefficient (Wildman–Crippen LogP) is 2.00. The topological polar surface area (TPSA) is 72.5 Å². The van der Waals surface area contributed by atoms with Crippen LogP contribution in [0, 0.1) is 19.8 Å². The zero-order valence-corrected chi connectivity index (χ0v) is 13.6. The van der Waals surface area contributed by atoms with Gasteiger partial charge in [0, 0.05) is 35.3 Å². The van der Waals surface area contributed by atoms with E-state index in [9.17, 15) is 13.2 Å². The number of carbonyl (C=O) groups is 1. The van der Waals surface area contributed by atoms with Crippen molar-refractivity contribution in [3.8, 4) is 0 Å². The average Bonchev–Trinajstić information content (AvgIpc) is 2.90. The van der Waals surface area contributed by atoms with Crippen LogP contribution in [0.25, 0.3) is 0 Å². The van der Waals surface area contributed by atoms with Crippen LogP contribution in [0.2, 0.25) is 0 Å². The minimum atomic E-state index is -3.87. The first kappa shape index (κ1) is 16.3. The van der Waals surface area contributed by atoms with Gasteiger partial charge in [0.2, 0.25) is 0 Å². The summed E-state index contributed by atoms with van der Waals surface area (Å²) in [6, 6.07) is 2.99. The molecular formula is C14H18ClNO4S. The van der Waals surface area contributed by atoms with Crippen LogP contribution >= 0.6 is 10.7 Å². The largest absolute Gasteiger partial charge is 0.381 e. The minimum absolute atomic E-state index is 0.0153. The Kier molecular flexibility index (Phi) is 4.91. The molecule has 0 spiro atoms. The molecule has 1 aromatic carbocycles. The fourth-order valence-electron chi connectivity index (χ4n) is 2.29. The molecule has 0 aromatic heterocycles. The molecule has 7 heteroatoms. The van der Waals surface area contributed by atoms with Crippen LogP contribution in [0.4, 0.5) is 0 Å². The Balaban J connectivity index is 2.19. The molecule has 0 radical (unpaired) electrons. The summed E-state index contributed by atoms with van der Waals surface area (Å²) in [5, 5.41) is 2.81. The van der Waals surface area contributed by atoms with E-state index in [1.165, 1.54) is 6.07 Å². The number of amides is 1. The molecule has 0 aliphatic carbocycles. The zero-order valence-electron chi connectivity index (χ0n) is 12.0. The highest BCUT2D eigenvalue weighted by molar-refractivity contribution is 8.13. The normalized spacial score (nSPS) is 18.7. The molecule has 1 amide bonds. The molecule has 21 heavy (non-hydrogen) atoms. The Hall–Kier alpha value is -1.11. The molecule has 1 aliphatic rings. The van der Waals surface area contributed by atoms with Crippen LogP contribution in [0.5, 0.6) is 0 Å². The zero-order chi connectivity index (χ0) is 15.6. The second kappa shape index (κ2) is 6.34. The molecule has 1 saturated heterocycles. The fourth-order valence-corrected chi connectivity index (χ4v) is 3.57. The van der Waals surface area contributed by atoms with Crippen molar-refractivity contribution in [2.24, 2.45) is 5.92 Å². The van der Waals surface area contributed by atoms with Crippen molar-refractivity contribution in [1.82, 2.24) is 5.32 Å². The van der Waals surface area contributed by atoms with Gasteiger partial charge in [0.25, 0.3) is 15.0 Å². The maximum Gasteiger partial charge on any atom is 0.261 e. The molecule has 1 atom stereocenters. The molecule has 5 nitrogen and oxygen atoms in total. The molecule has 1 aliphatic heterocycles. The van der Waals surface area contributed by atoms with E-state index in [-0.39, 0.29) is 10.8 Å². The van der Waals surface area contributed by atoms with Crippen molar-refractivity contribution in [3.63, 3.8) is 0 Å². The van der Waals surface area contributed by atoms with Crippen molar-refractivity contribution < 1.29 is 17.9 Å². The number of rotatable bonds is 4. The molecule has 0 bridgehead atoms. The first-order chi connectivity index (χ1) is 9.79. The Morgan fingerprint density at radius 1 is 1.43 bits per heavy atom. The predicted molar refractivity (Wildman–Crippen MR) is 80.2 cm³/mol. The maximum atomic E-state index is 12.2. The molecule has 116 valence electrons. The number of carbonyl (C=O) groups excluding carboxylic acids is 1. The van der Waals surface area contributed by atoms with E-state index in [1.807, 2.05) is 0 Å². The molecule has 1 unspecified atom stereocenters. The van der Waals surface area contributed by atoms with Gasteiger partial charge < -0.3 is 10.1 Å². The quantitative estimate of drug-likeness (QED) is 0.856. The number of aryl methyl sites for hydroxylation is 1. The van der Waals surface area contributed by atoms with E-state index < -0.39 is 9.05 Å². The van der Waals surface area contributed by atoms with Crippen molar-refractivity contribution in [2.45, 2.75) is 25.2 Å². The van der Waals surface area contributed by atoms with Crippen molar-refractivity contribution >= 4 is 25.6 Å². The van der Waals surface area contributed by atoms with Gasteiger partial charge in [0.15, 0.2) is 0 Å². The summed E-state index contributed by atoms with van der Waals surface area (Å²) in [4.78, 5) is 12.1. The number of halogens is 1. The van der Waals surface area contributed by atoms with E-state index in [4.69, 9.17) is 15.4 Å². The number of hydrogen-bond acceptors (Lipinski definition) is 4. The summed E-state index contributed by atoms with van der Waals surface area (Å²) < 4.78 is 28.4. The molecule has 1 heterocycles.